The number of allylic oxidation sites excluding steroid dienone is 1. The number of benzene rings is 2. The largest absolute Gasteiger partial charge is 0.750 e. The lowest BCUT2D eigenvalue weighted by atomic mass is 9.85. The van der Waals surface area contributed by atoms with Crippen LogP contribution in [0.3, 0.4) is 0 Å². The Labute approximate surface area is 166 Å². The van der Waals surface area contributed by atoms with Gasteiger partial charge in [0.05, 0.1) is 0 Å². The van der Waals surface area contributed by atoms with Gasteiger partial charge in [0.15, 0.2) is 11.5 Å². The Bertz CT molecular complexity index is 799. The molecule has 0 heterocycles. The molecule has 0 saturated heterocycles. The predicted molar refractivity (Wildman–Crippen MR) is 107 cm³/mol. The van der Waals surface area contributed by atoms with Crippen LogP contribution in [0.1, 0.15) is 19.3 Å². The van der Waals surface area contributed by atoms with Crippen molar-refractivity contribution in [2.45, 2.75) is 31.5 Å². The van der Waals surface area contributed by atoms with Crippen LogP contribution in [0.2, 0.25) is 0 Å². The summed E-state index contributed by atoms with van der Waals surface area (Å²) < 4.78 is 46.5. The van der Waals surface area contributed by atoms with Crippen molar-refractivity contribution < 1.29 is 27.2 Å². The molecular weight excluding hydrogens is 398 g/mol. The van der Waals surface area contributed by atoms with Crippen LogP contribution in [0.25, 0.3) is 0 Å². The molecule has 8 heteroatoms. The molecule has 28 heavy (non-hydrogen) atoms. The second-order valence-electron chi connectivity index (χ2n) is 6.35. The quantitative estimate of drug-likeness (QED) is 0.355. The van der Waals surface area contributed by atoms with Crippen molar-refractivity contribution in [1.29, 1.82) is 0 Å². The van der Waals surface area contributed by atoms with Crippen LogP contribution in [0.15, 0.2) is 73.3 Å². The lowest BCUT2D eigenvalue weighted by Gasteiger charge is -2.27. The van der Waals surface area contributed by atoms with Crippen LogP contribution in [0.5, 0.6) is 11.5 Å². The van der Waals surface area contributed by atoms with Gasteiger partial charge >= 0.3 is 16.5 Å². The molecule has 5 unspecified atom stereocenters. The van der Waals surface area contributed by atoms with Gasteiger partial charge in [-0.25, -0.2) is 9.05 Å². The SMILES string of the molecule is C=CC1CCC(O[P+](=O)Oc2ccccc2)C(O[P+](=O)Oc2ccccc2)C1. The van der Waals surface area contributed by atoms with Crippen molar-refractivity contribution in [3.8, 4) is 11.5 Å². The molecule has 6 nitrogen and oxygen atoms in total. The Kier molecular flexibility index (Phi) is 7.70. The van der Waals surface area contributed by atoms with E-state index in [4.69, 9.17) is 18.1 Å². The summed E-state index contributed by atoms with van der Waals surface area (Å²) in [4.78, 5) is 0. The van der Waals surface area contributed by atoms with Gasteiger partial charge in [-0.15, -0.1) is 15.6 Å². The lowest BCUT2D eigenvalue weighted by Crippen LogP contribution is -2.35. The Morgan fingerprint density at radius 3 is 1.79 bits per heavy atom. The summed E-state index contributed by atoms with van der Waals surface area (Å²) in [6.45, 7) is 3.82. The van der Waals surface area contributed by atoms with Crippen LogP contribution < -0.4 is 9.05 Å². The van der Waals surface area contributed by atoms with Gasteiger partial charge in [-0.2, -0.15) is 0 Å². The smallest absolute Gasteiger partial charge is 0.229 e. The predicted octanol–water partition coefficient (Wildman–Crippen LogP) is 6.22. The van der Waals surface area contributed by atoms with Gasteiger partial charge < -0.3 is 0 Å². The molecule has 0 N–H and O–H groups in total. The highest BCUT2D eigenvalue weighted by Crippen LogP contribution is 2.40. The standard InChI is InChI=1S/C20H22O6P2/c1-2-16-13-14-19(25-27(21)23-17-9-5-3-6-10-17)20(15-16)26-28(22)24-18-11-7-4-8-12-18/h2-12,16,19-20H,1,13-15H2/q+2. The summed E-state index contributed by atoms with van der Waals surface area (Å²) in [5, 5.41) is 0. The minimum Gasteiger partial charge on any atom is -0.229 e. The monoisotopic (exact) mass is 420 g/mol. The van der Waals surface area contributed by atoms with E-state index in [1.807, 2.05) is 18.2 Å². The van der Waals surface area contributed by atoms with E-state index in [1.54, 1.807) is 48.5 Å². The summed E-state index contributed by atoms with van der Waals surface area (Å²) in [5.41, 5.74) is 0. The Morgan fingerprint density at radius 2 is 1.29 bits per heavy atom. The van der Waals surface area contributed by atoms with Gasteiger partial charge in [0.1, 0.15) is 12.2 Å². The van der Waals surface area contributed by atoms with Crippen molar-refractivity contribution >= 4 is 16.5 Å². The van der Waals surface area contributed by atoms with Crippen LogP contribution in [0.4, 0.5) is 0 Å². The van der Waals surface area contributed by atoms with E-state index < -0.39 is 28.7 Å². The maximum absolute atomic E-state index is 12.3. The number of hydrogen-bond acceptors (Lipinski definition) is 6. The zero-order valence-corrected chi connectivity index (χ0v) is 17.0. The van der Waals surface area contributed by atoms with Crippen molar-refractivity contribution in [2.75, 3.05) is 0 Å². The third kappa shape index (κ3) is 6.22. The zero-order valence-electron chi connectivity index (χ0n) is 15.3. The molecule has 1 aliphatic rings. The molecule has 3 rings (SSSR count). The maximum atomic E-state index is 12.3. The molecule has 0 spiro atoms. The molecule has 0 aromatic heterocycles. The first-order chi connectivity index (χ1) is 13.6. The van der Waals surface area contributed by atoms with E-state index in [0.717, 1.165) is 6.42 Å². The summed E-state index contributed by atoms with van der Waals surface area (Å²) in [6.07, 6.45) is 2.76. The normalized spacial score (nSPS) is 22.8. The Hall–Kier alpha value is -2.10. The molecule has 0 aliphatic heterocycles. The first kappa shape index (κ1) is 20.6. The molecule has 146 valence electrons. The van der Waals surface area contributed by atoms with Crippen molar-refractivity contribution in [3.63, 3.8) is 0 Å². The van der Waals surface area contributed by atoms with E-state index in [2.05, 4.69) is 6.58 Å². The molecule has 0 radical (unpaired) electrons. The average molecular weight is 420 g/mol. The fourth-order valence-corrected chi connectivity index (χ4v) is 4.56. The van der Waals surface area contributed by atoms with Crippen molar-refractivity contribution in [2.24, 2.45) is 5.92 Å². The Balaban J connectivity index is 1.60. The van der Waals surface area contributed by atoms with Crippen LogP contribution in [0, 0.1) is 5.92 Å². The van der Waals surface area contributed by atoms with E-state index >= 15 is 0 Å². The zero-order chi connectivity index (χ0) is 19.8. The fraction of sp³-hybridized carbons (Fsp3) is 0.300. The number of rotatable bonds is 9. The van der Waals surface area contributed by atoms with E-state index in [9.17, 15) is 9.13 Å². The van der Waals surface area contributed by atoms with Crippen molar-refractivity contribution in [3.05, 3.63) is 73.3 Å². The molecular formula is C20H22O6P2+2. The summed E-state index contributed by atoms with van der Waals surface area (Å²) in [6, 6.07) is 17.6. The van der Waals surface area contributed by atoms with Crippen LogP contribution in [-0.4, -0.2) is 12.2 Å². The molecule has 2 aromatic carbocycles. The van der Waals surface area contributed by atoms with E-state index in [-0.39, 0.29) is 5.92 Å². The molecule has 5 atom stereocenters. The highest BCUT2D eigenvalue weighted by atomic mass is 31.1. The van der Waals surface area contributed by atoms with Crippen LogP contribution in [-0.2, 0) is 18.2 Å². The molecule has 2 aromatic rings. The van der Waals surface area contributed by atoms with Gasteiger partial charge in [-0.05, 0) is 49.4 Å². The van der Waals surface area contributed by atoms with Gasteiger partial charge in [-0.3, -0.25) is 0 Å². The van der Waals surface area contributed by atoms with Gasteiger partial charge in [0, 0.05) is 9.13 Å². The first-order valence-electron chi connectivity index (χ1n) is 9.00. The third-order valence-corrected chi connectivity index (χ3v) is 6.00. The number of hydrogen-bond donors (Lipinski definition) is 0. The topological polar surface area (TPSA) is 71.1 Å². The second kappa shape index (κ2) is 10.4. The van der Waals surface area contributed by atoms with Gasteiger partial charge in [0.2, 0.25) is 0 Å². The molecule has 1 fully saturated rings. The minimum atomic E-state index is -2.40. The maximum Gasteiger partial charge on any atom is 0.750 e. The molecule has 0 bridgehead atoms. The van der Waals surface area contributed by atoms with Crippen LogP contribution >= 0.6 is 16.5 Å². The average Bonchev–Trinajstić information content (AvgIpc) is 2.70. The number of para-hydroxylation sites is 2. The molecule has 0 amide bonds. The lowest BCUT2D eigenvalue weighted by molar-refractivity contribution is 0.0107. The molecule has 1 aliphatic carbocycles. The van der Waals surface area contributed by atoms with E-state index in [1.165, 1.54) is 0 Å². The van der Waals surface area contributed by atoms with Crippen molar-refractivity contribution in [1.82, 2.24) is 0 Å². The fourth-order valence-electron chi connectivity index (χ4n) is 2.98. The summed E-state index contributed by atoms with van der Waals surface area (Å²) >= 11 is 0. The van der Waals surface area contributed by atoms with E-state index in [0.29, 0.717) is 24.3 Å². The highest BCUT2D eigenvalue weighted by molar-refractivity contribution is 7.34. The summed E-state index contributed by atoms with van der Waals surface area (Å²) in [5.74, 6) is 1.12. The third-order valence-electron chi connectivity index (χ3n) is 4.39. The second-order valence-corrected chi connectivity index (χ2v) is 8.03. The first-order valence-corrected chi connectivity index (χ1v) is 11.2. The Morgan fingerprint density at radius 1 is 0.786 bits per heavy atom. The molecule has 1 saturated carbocycles. The minimum absolute atomic E-state index is 0.206. The highest BCUT2D eigenvalue weighted by Gasteiger charge is 2.44. The summed E-state index contributed by atoms with van der Waals surface area (Å²) in [7, 11) is -4.79. The van der Waals surface area contributed by atoms with Gasteiger partial charge in [0.25, 0.3) is 0 Å². The van der Waals surface area contributed by atoms with Gasteiger partial charge in [-0.1, -0.05) is 42.5 Å².